The summed E-state index contributed by atoms with van der Waals surface area (Å²) in [6, 6.07) is 43.7. The Bertz CT molecular complexity index is 1400. The van der Waals surface area contributed by atoms with Gasteiger partial charge in [0.1, 0.15) is 18.0 Å². The first kappa shape index (κ1) is 27.2. The van der Waals surface area contributed by atoms with E-state index in [1.165, 1.54) is 59.3 Å². The van der Waals surface area contributed by atoms with Crippen molar-refractivity contribution in [1.29, 1.82) is 0 Å². The first-order valence-electron chi connectivity index (χ1n) is 15.3. The summed E-state index contributed by atoms with van der Waals surface area (Å²) in [5.74, 6) is 1.03. The highest BCUT2D eigenvalue weighted by Crippen LogP contribution is 2.44. The van der Waals surface area contributed by atoms with Gasteiger partial charge in [0.2, 0.25) is 0 Å². The Labute approximate surface area is 244 Å². The maximum absolute atomic E-state index is 6.41. The number of benzene rings is 4. The molecule has 0 atom stereocenters. The monoisotopic (exact) mass is 540 g/mol. The van der Waals surface area contributed by atoms with Crippen molar-refractivity contribution in [3.8, 4) is 0 Å². The van der Waals surface area contributed by atoms with E-state index < -0.39 is 5.54 Å². The van der Waals surface area contributed by atoms with Gasteiger partial charge in [0.05, 0.1) is 5.69 Å². The molecule has 0 fully saturated rings. The molecule has 0 saturated carbocycles. The molecule has 6 rings (SSSR count). The van der Waals surface area contributed by atoms with Crippen molar-refractivity contribution in [2.45, 2.75) is 63.5 Å². The van der Waals surface area contributed by atoms with Crippen LogP contribution in [0.1, 0.15) is 71.6 Å². The second-order valence-electron chi connectivity index (χ2n) is 11.1. The smallest absolute Gasteiger partial charge is 0.136 e. The largest absolute Gasteiger partial charge is 0.374 e. The van der Waals surface area contributed by atoms with E-state index in [9.17, 15) is 0 Å². The average molecular weight is 541 g/mol. The van der Waals surface area contributed by atoms with Crippen LogP contribution in [0.5, 0.6) is 0 Å². The van der Waals surface area contributed by atoms with Gasteiger partial charge in [0.25, 0.3) is 0 Å². The molecule has 4 aromatic carbocycles. The minimum Gasteiger partial charge on any atom is -0.374 e. The number of unbranched alkanes of at least 4 members (excludes halogenated alkanes) is 2. The van der Waals surface area contributed by atoms with E-state index in [-0.39, 0.29) is 0 Å². The first-order chi connectivity index (χ1) is 20.4. The molecule has 1 aliphatic rings. The van der Waals surface area contributed by atoms with E-state index in [2.05, 4.69) is 126 Å². The predicted molar refractivity (Wildman–Crippen MR) is 167 cm³/mol. The van der Waals surface area contributed by atoms with Crippen LogP contribution in [0.3, 0.4) is 0 Å². The van der Waals surface area contributed by atoms with Gasteiger partial charge in [-0.1, -0.05) is 128 Å². The SMILES string of the molecule is c1ccc(CCCCCOCc2nc3c(n2C(c2ccccc2)(c2ccccc2)c2ccccc2)CCCC3)cc1. The lowest BCUT2D eigenvalue weighted by Gasteiger charge is -2.40. The van der Waals surface area contributed by atoms with Crippen LogP contribution in [0.2, 0.25) is 0 Å². The van der Waals surface area contributed by atoms with Gasteiger partial charge in [-0.25, -0.2) is 4.98 Å². The number of rotatable bonds is 12. The van der Waals surface area contributed by atoms with Crippen LogP contribution in [0.25, 0.3) is 0 Å². The van der Waals surface area contributed by atoms with Gasteiger partial charge < -0.3 is 9.30 Å². The normalized spacial score (nSPS) is 13.2. The first-order valence-corrected chi connectivity index (χ1v) is 15.3. The summed E-state index contributed by atoms with van der Waals surface area (Å²) in [6.07, 6.45) is 9.01. The zero-order chi connectivity index (χ0) is 27.7. The van der Waals surface area contributed by atoms with Crippen molar-refractivity contribution in [3.63, 3.8) is 0 Å². The summed E-state index contributed by atoms with van der Waals surface area (Å²) < 4.78 is 8.96. The van der Waals surface area contributed by atoms with E-state index in [4.69, 9.17) is 9.72 Å². The minimum atomic E-state index is -0.546. The van der Waals surface area contributed by atoms with Crippen molar-refractivity contribution in [2.24, 2.45) is 0 Å². The second kappa shape index (κ2) is 13.1. The van der Waals surface area contributed by atoms with Gasteiger partial charge in [0.15, 0.2) is 0 Å². The molecule has 0 bridgehead atoms. The lowest BCUT2D eigenvalue weighted by atomic mass is 9.76. The lowest BCUT2D eigenvalue weighted by molar-refractivity contribution is 0.107. The van der Waals surface area contributed by atoms with Crippen LogP contribution >= 0.6 is 0 Å². The highest BCUT2D eigenvalue weighted by molar-refractivity contribution is 5.52. The third kappa shape index (κ3) is 5.78. The van der Waals surface area contributed by atoms with Crippen LogP contribution in [0, 0.1) is 0 Å². The molecule has 41 heavy (non-hydrogen) atoms. The number of fused-ring (bicyclic) bond motifs is 1. The lowest BCUT2D eigenvalue weighted by Crippen LogP contribution is -2.40. The highest BCUT2D eigenvalue weighted by atomic mass is 16.5. The van der Waals surface area contributed by atoms with E-state index in [0.717, 1.165) is 38.1 Å². The number of aryl methyl sites for hydroxylation is 2. The van der Waals surface area contributed by atoms with E-state index in [1.807, 2.05) is 0 Å². The molecule has 1 heterocycles. The van der Waals surface area contributed by atoms with Crippen molar-refractivity contribution in [3.05, 3.63) is 161 Å². The molecule has 3 heteroatoms. The van der Waals surface area contributed by atoms with E-state index in [1.54, 1.807) is 0 Å². The summed E-state index contributed by atoms with van der Waals surface area (Å²) >= 11 is 0. The van der Waals surface area contributed by atoms with Crippen LogP contribution < -0.4 is 0 Å². The van der Waals surface area contributed by atoms with Crippen molar-refractivity contribution < 1.29 is 4.74 Å². The molecule has 0 unspecified atom stereocenters. The van der Waals surface area contributed by atoms with E-state index in [0.29, 0.717) is 6.61 Å². The van der Waals surface area contributed by atoms with Crippen LogP contribution in [-0.2, 0) is 36.1 Å². The summed E-state index contributed by atoms with van der Waals surface area (Å²) in [7, 11) is 0. The maximum Gasteiger partial charge on any atom is 0.136 e. The fraction of sp³-hybridized carbons (Fsp3) is 0.289. The molecular formula is C38H40N2O. The molecule has 0 aliphatic heterocycles. The van der Waals surface area contributed by atoms with Gasteiger partial charge in [-0.3, -0.25) is 0 Å². The highest BCUT2D eigenvalue weighted by Gasteiger charge is 2.42. The molecular weight excluding hydrogens is 500 g/mol. The number of imidazole rings is 1. The van der Waals surface area contributed by atoms with Crippen molar-refractivity contribution >= 4 is 0 Å². The zero-order valence-corrected chi connectivity index (χ0v) is 23.9. The van der Waals surface area contributed by atoms with Crippen molar-refractivity contribution in [1.82, 2.24) is 9.55 Å². The average Bonchev–Trinajstić information content (AvgIpc) is 3.42. The number of nitrogens with zero attached hydrogens (tertiary/aromatic N) is 2. The topological polar surface area (TPSA) is 27.1 Å². The summed E-state index contributed by atoms with van der Waals surface area (Å²) in [5, 5.41) is 0. The van der Waals surface area contributed by atoms with Gasteiger partial charge in [-0.05, 0) is 67.2 Å². The second-order valence-corrected chi connectivity index (χ2v) is 11.1. The third-order valence-corrected chi connectivity index (χ3v) is 8.44. The van der Waals surface area contributed by atoms with E-state index >= 15 is 0 Å². The molecule has 208 valence electrons. The van der Waals surface area contributed by atoms with Gasteiger partial charge in [0, 0.05) is 12.3 Å². The number of aromatic nitrogens is 2. The van der Waals surface area contributed by atoms with Crippen LogP contribution in [0.4, 0.5) is 0 Å². The summed E-state index contributed by atoms with van der Waals surface area (Å²) in [4.78, 5) is 5.30. The Balaban J connectivity index is 1.34. The van der Waals surface area contributed by atoms with Crippen LogP contribution in [-0.4, -0.2) is 16.2 Å². The fourth-order valence-corrected chi connectivity index (χ4v) is 6.53. The quantitative estimate of drug-likeness (QED) is 0.117. The Kier molecular flexibility index (Phi) is 8.73. The number of hydrogen-bond acceptors (Lipinski definition) is 2. The molecule has 5 aromatic rings. The molecule has 3 nitrogen and oxygen atoms in total. The standard InChI is InChI=1S/C38H40N2O/c1-6-18-31(19-7-1)20-8-5-17-29-41-30-37-39-35-27-15-16-28-36(35)40(37)38(32-21-9-2-10-22-32,33-23-11-3-12-24-33)34-25-13-4-14-26-34/h1-4,6-7,9-14,18-19,21-26H,5,8,15-17,20,27-30H2. The van der Waals surface area contributed by atoms with Gasteiger partial charge in [-0.15, -0.1) is 0 Å². The Morgan fingerprint density at radius 1 is 0.610 bits per heavy atom. The molecule has 1 aliphatic carbocycles. The Morgan fingerprint density at radius 3 is 1.73 bits per heavy atom. The molecule has 0 amide bonds. The van der Waals surface area contributed by atoms with Crippen LogP contribution in [0.15, 0.2) is 121 Å². The van der Waals surface area contributed by atoms with Gasteiger partial charge >= 0.3 is 0 Å². The molecule has 0 saturated heterocycles. The summed E-state index contributed by atoms with van der Waals surface area (Å²) in [6.45, 7) is 1.27. The Hall–Kier alpha value is -3.95. The fourth-order valence-electron chi connectivity index (χ4n) is 6.53. The predicted octanol–water partition coefficient (Wildman–Crippen LogP) is 8.53. The molecule has 0 radical (unpaired) electrons. The third-order valence-electron chi connectivity index (χ3n) is 8.44. The summed E-state index contributed by atoms with van der Waals surface area (Å²) in [5.41, 5.74) is 7.19. The Morgan fingerprint density at radius 2 is 1.15 bits per heavy atom. The minimum absolute atomic E-state index is 0.514. The number of ether oxygens (including phenoxy) is 1. The molecule has 0 N–H and O–H groups in total. The maximum atomic E-state index is 6.41. The zero-order valence-electron chi connectivity index (χ0n) is 23.9. The van der Waals surface area contributed by atoms with Crippen molar-refractivity contribution in [2.75, 3.05) is 6.61 Å². The molecule has 0 spiro atoms. The van der Waals surface area contributed by atoms with Gasteiger partial charge in [-0.2, -0.15) is 0 Å². The number of hydrogen-bond donors (Lipinski definition) is 0. The molecule has 1 aromatic heterocycles.